The molecular formula is C28H40N4O4S. The predicted molar refractivity (Wildman–Crippen MR) is 145 cm³/mol. The molecule has 5 rings (SSSR count). The first-order valence-corrected chi connectivity index (χ1v) is 15.2. The van der Waals surface area contributed by atoms with Crippen molar-refractivity contribution >= 4 is 26.7 Å². The van der Waals surface area contributed by atoms with Gasteiger partial charge < -0.3 is 14.5 Å². The monoisotopic (exact) mass is 528 g/mol. The van der Waals surface area contributed by atoms with Gasteiger partial charge in [0.15, 0.2) is 0 Å². The van der Waals surface area contributed by atoms with E-state index >= 15 is 0 Å². The van der Waals surface area contributed by atoms with Crippen molar-refractivity contribution < 1.29 is 17.9 Å². The van der Waals surface area contributed by atoms with Crippen LogP contribution in [0.15, 0.2) is 47.4 Å². The summed E-state index contributed by atoms with van der Waals surface area (Å²) in [4.78, 5) is 20.1. The highest BCUT2D eigenvalue weighted by molar-refractivity contribution is 7.89. The van der Waals surface area contributed by atoms with Crippen LogP contribution in [0, 0.1) is 0 Å². The Bertz CT molecular complexity index is 1170. The number of hydrogen-bond donors (Lipinski definition) is 0. The van der Waals surface area contributed by atoms with Crippen LogP contribution in [-0.2, 0) is 19.6 Å². The number of piperidine rings is 2. The van der Waals surface area contributed by atoms with Crippen molar-refractivity contribution in [3.63, 3.8) is 0 Å². The Labute approximate surface area is 221 Å². The van der Waals surface area contributed by atoms with Crippen molar-refractivity contribution in [2.45, 2.75) is 49.1 Å². The number of benzene rings is 2. The van der Waals surface area contributed by atoms with E-state index in [1.165, 1.54) is 0 Å². The quantitative estimate of drug-likeness (QED) is 0.550. The van der Waals surface area contributed by atoms with E-state index in [4.69, 9.17) is 4.74 Å². The van der Waals surface area contributed by atoms with Gasteiger partial charge in [0.2, 0.25) is 15.9 Å². The van der Waals surface area contributed by atoms with E-state index in [2.05, 4.69) is 16.8 Å². The van der Waals surface area contributed by atoms with Gasteiger partial charge in [-0.1, -0.05) is 42.8 Å². The van der Waals surface area contributed by atoms with E-state index < -0.39 is 10.0 Å². The zero-order valence-corrected chi connectivity index (χ0v) is 22.7. The highest BCUT2D eigenvalue weighted by Crippen LogP contribution is 2.30. The van der Waals surface area contributed by atoms with Crippen LogP contribution in [0.25, 0.3) is 10.8 Å². The Hall–Kier alpha value is -2.04. The number of fused-ring (bicyclic) bond motifs is 1. The summed E-state index contributed by atoms with van der Waals surface area (Å²) in [6, 6.07) is 13.3. The molecule has 3 heterocycles. The second kappa shape index (κ2) is 11.8. The normalized spacial score (nSPS) is 23.5. The van der Waals surface area contributed by atoms with Gasteiger partial charge in [-0.2, -0.15) is 4.31 Å². The number of hydrogen-bond acceptors (Lipinski definition) is 6. The third-order valence-corrected chi connectivity index (χ3v) is 10.3. The predicted octanol–water partition coefficient (Wildman–Crippen LogP) is 2.64. The molecule has 3 aliphatic rings. The van der Waals surface area contributed by atoms with E-state index in [1.54, 1.807) is 16.4 Å². The van der Waals surface area contributed by atoms with Crippen LogP contribution in [0.3, 0.4) is 0 Å². The van der Waals surface area contributed by atoms with Crippen molar-refractivity contribution in [1.82, 2.24) is 19.0 Å². The number of carbonyl (C=O) groups excluding carboxylic acids is 1. The minimum Gasteiger partial charge on any atom is -0.370 e. The number of rotatable bonds is 7. The van der Waals surface area contributed by atoms with Gasteiger partial charge in [0.1, 0.15) is 6.61 Å². The van der Waals surface area contributed by atoms with Gasteiger partial charge >= 0.3 is 0 Å². The Balaban J connectivity index is 1.15. The van der Waals surface area contributed by atoms with E-state index in [-0.39, 0.29) is 25.2 Å². The summed E-state index contributed by atoms with van der Waals surface area (Å²) in [7, 11) is -1.51. The molecule has 9 heteroatoms. The number of amides is 1. The number of nitrogens with zero attached hydrogens (tertiary/aromatic N) is 4. The number of sulfonamides is 1. The lowest BCUT2D eigenvalue weighted by Gasteiger charge is -2.42. The van der Waals surface area contributed by atoms with E-state index in [0.29, 0.717) is 17.5 Å². The molecule has 0 saturated carbocycles. The van der Waals surface area contributed by atoms with E-state index in [1.807, 2.05) is 35.2 Å². The molecule has 0 spiro atoms. The van der Waals surface area contributed by atoms with Gasteiger partial charge in [-0.05, 0) is 44.2 Å². The SMILES string of the molecule is CN1CCN(C2CCN(C(=O)COCC3CCCCN3S(=O)(=O)c3cccc4ccccc34)CC2)CC1. The molecule has 202 valence electrons. The highest BCUT2D eigenvalue weighted by Gasteiger charge is 2.35. The average Bonchev–Trinajstić information content (AvgIpc) is 2.93. The fraction of sp³-hybridized carbons (Fsp3) is 0.607. The molecule has 0 bridgehead atoms. The van der Waals surface area contributed by atoms with Gasteiger partial charge in [-0.25, -0.2) is 8.42 Å². The van der Waals surface area contributed by atoms with Gasteiger partial charge in [0.25, 0.3) is 0 Å². The zero-order chi connectivity index (χ0) is 25.8. The van der Waals surface area contributed by atoms with Crippen LogP contribution < -0.4 is 0 Å². The number of piperazine rings is 1. The summed E-state index contributed by atoms with van der Waals surface area (Å²) in [5.74, 6) is 0.0103. The summed E-state index contributed by atoms with van der Waals surface area (Å²) in [5, 5.41) is 1.65. The lowest BCUT2D eigenvalue weighted by atomic mass is 10.0. The first kappa shape index (κ1) is 26.6. The van der Waals surface area contributed by atoms with Crippen LogP contribution in [0.5, 0.6) is 0 Å². The van der Waals surface area contributed by atoms with Crippen LogP contribution >= 0.6 is 0 Å². The van der Waals surface area contributed by atoms with Crippen molar-refractivity contribution in [2.24, 2.45) is 0 Å². The number of ether oxygens (including phenoxy) is 1. The number of carbonyl (C=O) groups is 1. The standard InChI is InChI=1S/C28H40N4O4S/c1-29-17-19-30(20-18-29)24-12-15-31(16-13-24)28(33)22-36-21-25-9-4-5-14-32(25)37(34,35)27-11-6-8-23-7-2-3-10-26(23)27/h2-3,6-8,10-11,24-25H,4-5,9,12-22H2,1H3. The van der Waals surface area contributed by atoms with Gasteiger partial charge in [-0.15, -0.1) is 0 Å². The fourth-order valence-electron chi connectivity index (χ4n) is 6.05. The van der Waals surface area contributed by atoms with Crippen molar-refractivity contribution in [3.8, 4) is 0 Å². The third kappa shape index (κ3) is 6.01. The molecule has 0 aromatic heterocycles. The minimum absolute atomic E-state index is 0.0103. The molecule has 37 heavy (non-hydrogen) atoms. The molecule has 0 aliphatic carbocycles. The summed E-state index contributed by atoms with van der Waals surface area (Å²) in [6.07, 6.45) is 4.56. The maximum absolute atomic E-state index is 13.7. The average molecular weight is 529 g/mol. The highest BCUT2D eigenvalue weighted by atomic mass is 32.2. The molecule has 1 atom stereocenters. The van der Waals surface area contributed by atoms with Crippen molar-refractivity contribution in [3.05, 3.63) is 42.5 Å². The maximum atomic E-state index is 13.7. The Morgan fingerprint density at radius 2 is 1.62 bits per heavy atom. The molecule has 3 fully saturated rings. The Morgan fingerprint density at radius 1 is 0.892 bits per heavy atom. The van der Waals surface area contributed by atoms with Gasteiger partial charge in [0, 0.05) is 63.3 Å². The number of likely N-dealkylation sites (N-methyl/N-ethyl adjacent to an activating group) is 1. The molecule has 3 saturated heterocycles. The first-order valence-electron chi connectivity index (χ1n) is 13.7. The molecule has 3 aliphatic heterocycles. The van der Waals surface area contributed by atoms with Crippen LogP contribution in [-0.4, -0.2) is 111 Å². The van der Waals surface area contributed by atoms with E-state index in [9.17, 15) is 13.2 Å². The topological polar surface area (TPSA) is 73.4 Å². The molecular weight excluding hydrogens is 488 g/mol. The molecule has 8 nitrogen and oxygen atoms in total. The lowest BCUT2D eigenvalue weighted by molar-refractivity contribution is -0.138. The summed E-state index contributed by atoms with van der Waals surface area (Å²) in [6.45, 7) is 6.71. The Morgan fingerprint density at radius 3 is 2.41 bits per heavy atom. The van der Waals surface area contributed by atoms with Gasteiger partial charge in [0.05, 0.1) is 11.5 Å². The summed E-state index contributed by atoms with van der Waals surface area (Å²) >= 11 is 0. The van der Waals surface area contributed by atoms with Gasteiger partial charge in [-0.3, -0.25) is 9.69 Å². The third-order valence-electron chi connectivity index (χ3n) is 8.32. The van der Waals surface area contributed by atoms with Crippen LogP contribution in [0.4, 0.5) is 0 Å². The molecule has 2 aromatic carbocycles. The summed E-state index contributed by atoms with van der Waals surface area (Å²) in [5.41, 5.74) is 0. The number of likely N-dealkylation sites (tertiary alicyclic amines) is 1. The van der Waals surface area contributed by atoms with Crippen LogP contribution in [0.2, 0.25) is 0 Å². The molecule has 0 radical (unpaired) electrons. The fourth-order valence-corrected chi connectivity index (χ4v) is 7.94. The second-order valence-corrected chi connectivity index (χ2v) is 12.6. The smallest absolute Gasteiger partial charge is 0.248 e. The van der Waals surface area contributed by atoms with Crippen molar-refractivity contribution in [2.75, 3.05) is 66.1 Å². The second-order valence-electron chi connectivity index (χ2n) is 10.7. The molecule has 2 aromatic rings. The minimum atomic E-state index is -3.68. The maximum Gasteiger partial charge on any atom is 0.248 e. The van der Waals surface area contributed by atoms with Crippen LogP contribution in [0.1, 0.15) is 32.1 Å². The molecule has 1 amide bonds. The zero-order valence-electron chi connectivity index (χ0n) is 21.9. The van der Waals surface area contributed by atoms with Crippen molar-refractivity contribution in [1.29, 1.82) is 0 Å². The summed E-state index contributed by atoms with van der Waals surface area (Å²) < 4.78 is 34.9. The van der Waals surface area contributed by atoms with E-state index in [0.717, 1.165) is 82.1 Å². The molecule has 1 unspecified atom stereocenters. The lowest BCUT2D eigenvalue weighted by Crippen LogP contribution is -2.53. The largest absolute Gasteiger partial charge is 0.370 e. The Kier molecular flexibility index (Phi) is 8.46. The first-order chi connectivity index (χ1) is 17.9. The molecule has 0 N–H and O–H groups in total.